The minimum absolute atomic E-state index is 0.586. The van der Waals surface area contributed by atoms with Crippen molar-refractivity contribution in [3.8, 4) is 0 Å². The van der Waals surface area contributed by atoms with E-state index in [0.29, 0.717) is 6.04 Å². The van der Waals surface area contributed by atoms with Gasteiger partial charge in [0.05, 0.1) is 0 Å². The third-order valence-electron chi connectivity index (χ3n) is 3.00. The average molecular weight is 253 g/mol. The fourth-order valence-electron chi connectivity index (χ4n) is 1.98. The van der Waals surface area contributed by atoms with Crippen molar-refractivity contribution < 1.29 is 0 Å². The van der Waals surface area contributed by atoms with Gasteiger partial charge in [-0.3, -0.25) is 4.98 Å². The number of hydrogen-bond donors (Lipinski definition) is 1. The normalized spacial score (nSPS) is 12.5. The first-order chi connectivity index (χ1) is 8.24. The van der Waals surface area contributed by atoms with Crippen molar-refractivity contribution in [3.05, 3.63) is 24.0 Å². The molecule has 1 aromatic rings. The standard InChI is InChI=1S/C13H23N3S/c1-5-12(10-17-4)16(3)13-6-7-15-9-11(13)8-14-2/h6-7,9,12,14H,5,8,10H2,1-4H3. The molecule has 1 unspecified atom stereocenters. The number of anilines is 1. The highest BCUT2D eigenvalue weighted by atomic mass is 32.2. The molecule has 1 aromatic heterocycles. The summed E-state index contributed by atoms with van der Waals surface area (Å²) in [5.41, 5.74) is 2.55. The zero-order valence-corrected chi connectivity index (χ0v) is 12.0. The number of nitrogens with one attached hydrogen (secondary N) is 1. The summed E-state index contributed by atoms with van der Waals surface area (Å²) in [4.78, 5) is 6.59. The summed E-state index contributed by atoms with van der Waals surface area (Å²) in [5.74, 6) is 1.16. The monoisotopic (exact) mass is 253 g/mol. The smallest absolute Gasteiger partial charge is 0.0443 e. The van der Waals surface area contributed by atoms with E-state index in [-0.39, 0.29) is 0 Å². The molecule has 0 saturated heterocycles. The Kier molecular flexibility index (Phi) is 6.37. The topological polar surface area (TPSA) is 28.2 Å². The molecule has 0 aliphatic carbocycles. The van der Waals surface area contributed by atoms with Crippen molar-refractivity contribution in [1.29, 1.82) is 0 Å². The van der Waals surface area contributed by atoms with Crippen LogP contribution in [0.5, 0.6) is 0 Å². The molecule has 1 atom stereocenters. The highest BCUT2D eigenvalue weighted by Crippen LogP contribution is 2.22. The van der Waals surface area contributed by atoms with Crippen molar-refractivity contribution in [2.45, 2.75) is 25.9 Å². The average Bonchev–Trinajstić information content (AvgIpc) is 2.36. The molecular weight excluding hydrogens is 230 g/mol. The van der Waals surface area contributed by atoms with E-state index >= 15 is 0 Å². The predicted octanol–water partition coefficient (Wildman–Crippen LogP) is 2.38. The number of aromatic nitrogens is 1. The lowest BCUT2D eigenvalue weighted by atomic mass is 10.1. The van der Waals surface area contributed by atoms with Gasteiger partial charge in [-0.2, -0.15) is 11.8 Å². The highest BCUT2D eigenvalue weighted by Gasteiger charge is 2.15. The molecule has 1 rings (SSSR count). The molecule has 3 nitrogen and oxygen atoms in total. The Morgan fingerprint density at radius 3 is 2.88 bits per heavy atom. The van der Waals surface area contributed by atoms with E-state index in [1.807, 2.05) is 31.2 Å². The largest absolute Gasteiger partial charge is 0.370 e. The lowest BCUT2D eigenvalue weighted by Gasteiger charge is -2.30. The highest BCUT2D eigenvalue weighted by molar-refractivity contribution is 7.98. The Hall–Kier alpha value is -0.740. The molecule has 96 valence electrons. The number of hydrogen-bond acceptors (Lipinski definition) is 4. The van der Waals surface area contributed by atoms with Crippen LogP contribution in [-0.4, -0.2) is 37.1 Å². The summed E-state index contributed by atoms with van der Waals surface area (Å²) in [7, 11) is 4.15. The van der Waals surface area contributed by atoms with Crippen LogP contribution < -0.4 is 10.2 Å². The molecule has 0 amide bonds. The van der Waals surface area contributed by atoms with E-state index in [1.165, 1.54) is 17.7 Å². The molecule has 0 aliphatic heterocycles. The van der Waals surface area contributed by atoms with Crippen molar-refractivity contribution >= 4 is 17.4 Å². The summed E-state index contributed by atoms with van der Waals surface area (Å²) in [6.45, 7) is 3.11. The van der Waals surface area contributed by atoms with Gasteiger partial charge in [0.25, 0.3) is 0 Å². The van der Waals surface area contributed by atoms with Gasteiger partial charge in [0.2, 0.25) is 0 Å². The van der Waals surface area contributed by atoms with Gasteiger partial charge in [-0.05, 0) is 25.8 Å². The first kappa shape index (κ1) is 14.3. The molecule has 1 N–H and O–H groups in total. The van der Waals surface area contributed by atoms with E-state index in [2.05, 4.69) is 41.5 Å². The maximum Gasteiger partial charge on any atom is 0.0443 e. The second kappa shape index (κ2) is 7.56. The molecule has 0 bridgehead atoms. The van der Waals surface area contributed by atoms with Crippen LogP contribution in [0, 0.1) is 0 Å². The van der Waals surface area contributed by atoms with Gasteiger partial charge in [-0.1, -0.05) is 6.92 Å². The Bertz CT molecular complexity index is 330. The molecule has 1 heterocycles. The first-order valence-corrected chi connectivity index (χ1v) is 7.43. The van der Waals surface area contributed by atoms with Crippen LogP contribution in [0.3, 0.4) is 0 Å². The molecule has 4 heteroatoms. The molecule has 0 saturated carbocycles. The van der Waals surface area contributed by atoms with Crippen LogP contribution in [0.2, 0.25) is 0 Å². The fraction of sp³-hybridized carbons (Fsp3) is 0.615. The summed E-state index contributed by atoms with van der Waals surface area (Å²) in [5, 5.41) is 3.20. The second-order valence-corrected chi connectivity index (χ2v) is 5.07. The molecule has 0 radical (unpaired) electrons. The molecule has 17 heavy (non-hydrogen) atoms. The Morgan fingerprint density at radius 1 is 1.53 bits per heavy atom. The van der Waals surface area contributed by atoms with Crippen LogP contribution in [0.4, 0.5) is 5.69 Å². The minimum Gasteiger partial charge on any atom is -0.370 e. The third-order valence-corrected chi connectivity index (χ3v) is 3.72. The van der Waals surface area contributed by atoms with Gasteiger partial charge < -0.3 is 10.2 Å². The van der Waals surface area contributed by atoms with Crippen LogP contribution in [0.1, 0.15) is 18.9 Å². The summed E-state index contributed by atoms with van der Waals surface area (Å²) in [6.07, 6.45) is 7.15. The number of nitrogens with zero attached hydrogens (tertiary/aromatic N) is 2. The van der Waals surface area contributed by atoms with Gasteiger partial charge in [0.1, 0.15) is 0 Å². The Morgan fingerprint density at radius 2 is 2.29 bits per heavy atom. The van der Waals surface area contributed by atoms with Gasteiger partial charge in [0, 0.05) is 49.0 Å². The Balaban J connectivity index is 2.89. The van der Waals surface area contributed by atoms with Gasteiger partial charge in [-0.15, -0.1) is 0 Å². The summed E-state index contributed by atoms with van der Waals surface area (Å²) in [6, 6.07) is 2.69. The quantitative estimate of drug-likeness (QED) is 0.807. The molecule has 0 aliphatic rings. The SMILES string of the molecule is CCC(CSC)N(C)c1ccncc1CNC. The second-order valence-electron chi connectivity index (χ2n) is 4.16. The van der Waals surface area contributed by atoms with Gasteiger partial charge >= 0.3 is 0 Å². The fourth-order valence-corrected chi connectivity index (χ4v) is 2.83. The lowest BCUT2D eigenvalue weighted by molar-refractivity contribution is 0.667. The van der Waals surface area contributed by atoms with E-state index < -0.39 is 0 Å². The maximum absolute atomic E-state index is 4.21. The van der Waals surface area contributed by atoms with Crippen LogP contribution in [0.25, 0.3) is 0 Å². The predicted molar refractivity (Wildman–Crippen MR) is 77.9 cm³/mol. The molecule has 0 aromatic carbocycles. The van der Waals surface area contributed by atoms with Crippen LogP contribution in [0.15, 0.2) is 18.5 Å². The molecular formula is C13H23N3S. The zero-order chi connectivity index (χ0) is 12.7. The van der Waals surface area contributed by atoms with Crippen molar-refractivity contribution in [2.75, 3.05) is 31.0 Å². The van der Waals surface area contributed by atoms with E-state index in [9.17, 15) is 0 Å². The number of rotatable bonds is 7. The number of thioether (sulfide) groups is 1. The lowest BCUT2D eigenvalue weighted by Crippen LogP contribution is -2.34. The van der Waals surface area contributed by atoms with E-state index in [4.69, 9.17) is 0 Å². The van der Waals surface area contributed by atoms with Crippen molar-refractivity contribution in [2.24, 2.45) is 0 Å². The molecule has 0 fully saturated rings. The third kappa shape index (κ3) is 3.89. The number of pyridine rings is 1. The van der Waals surface area contributed by atoms with Crippen LogP contribution >= 0.6 is 11.8 Å². The van der Waals surface area contributed by atoms with Gasteiger partial charge in [-0.25, -0.2) is 0 Å². The Labute approximate surface area is 109 Å². The van der Waals surface area contributed by atoms with E-state index in [1.54, 1.807) is 0 Å². The van der Waals surface area contributed by atoms with Crippen molar-refractivity contribution in [3.63, 3.8) is 0 Å². The van der Waals surface area contributed by atoms with E-state index in [0.717, 1.165) is 12.3 Å². The van der Waals surface area contributed by atoms with Crippen molar-refractivity contribution in [1.82, 2.24) is 10.3 Å². The zero-order valence-electron chi connectivity index (χ0n) is 11.2. The summed E-state index contributed by atoms with van der Waals surface area (Å²) < 4.78 is 0. The maximum atomic E-state index is 4.21. The first-order valence-electron chi connectivity index (χ1n) is 6.03. The molecule has 0 spiro atoms. The van der Waals surface area contributed by atoms with Gasteiger partial charge in [0.15, 0.2) is 0 Å². The van der Waals surface area contributed by atoms with Crippen LogP contribution in [-0.2, 0) is 6.54 Å². The minimum atomic E-state index is 0.586. The summed E-state index contributed by atoms with van der Waals surface area (Å²) >= 11 is 1.90.